The van der Waals surface area contributed by atoms with Crippen molar-refractivity contribution in [1.29, 1.82) is 0 Å². The zero-order chi connectivity index (χ0) is 20.9. The lowest BCUT2D eigenvalue weighted by Gasteiger charge is -2.08. The quantitative estimate of drug-likeness (QED) is 0.450. The number of fused-ring (bicyclic) bond motifs is 2. The van der Waals surface area contributed by atoms with E-state index in [-0.39, 0.29) is 22.6 Å². The van der Waals surface area contributed by atoms with Gasteiger partial charge in [-0.25, -0.2) is 13.1 Å². The van der Waals surface area contributed by atoms with Crippen molar-refractivity contribution < 1.29 is 22.4 Å². The molecule has 0 atom stereocenters. The molecule has 10 heteroatoms. The van der Waals surface area contributed by atoms with Crippen LogP contribution < -0.4 is 14.2 Å². The summed E-state index contributed by atoms with van der Waals surface area (Å²) in [4.78, 5) is 0.890. The molecule has 154 valence electrons. The van der Waals surface area contributed by atoms with Crippen LogP contribution in [0.15, 0.2) is 51.9 Å². The van der Waals surface area contributed by atoms with Crippen LogP contribution in [0.2, 0.25) is 5.02 Å². The minimum Gasteiger partial charge on any atom is -0.454 e. The van der Waals surface area contributed by atoms with Crippen molar-refractivity contribution in [2.45, 2.75) is 18.2 Å². The van der Waals surface area contributed by atoms with Gasteiger partial charge < -0.3 is 14.0 Å². The minimum absolute atomic E-state index is 0.0986. The van der Waals surface area contributed by atoms with E-state index in [1.807, 2.05) is 36.4 Å². The molecule has 2 aromatic heterocycles. The zero-order valence-electron chi connectivity index (χ0n) is 15.6. The summed E-state index contributed by atoms with van der Waals surface area (Å²) in [6, 6.07) is 13.0. The number of hydrogen-bond donors (Lipinski definition) is 1. The van der Waals surface area contributed by atoms with E-state index < -0.39 is 10.0 Å². The Morgan fingerprint density at radius 3 is 2.77 bits per heavy atom. The molecule has 0 bridgehead atoms. The van der Waals surface area contributed by atoms with Gasteiger partial charge in [0.1, 0.15) is 15.6 Å². The van der Waals surface area contributed by atoms with E-state index in [1.54, 1.807) is 13.0 Å². The summed E-state index contributed by atoms with van der Waals surface area (Å²) in [5.41, 5.74) is 1.32. The van der Waals surface area contributed by atoms with Crippen LogP contribution in [0.4, 0.5) is 5.88 Å². The second-order valence-corrected chi connectivity index (χ2v) is 9.87. The molecule has 1 aliphatic rings. The molecule has 3 heterocycles. The number of sulfonamides is 1. The van der Waals surface area contributed by atoms with Crippen LogP contribution in [0.1, 0.15) is 16.1 Å². The van der Waals surface area contributed by atoms with Crippen molar-refractivity contribution in [3.63, 3.8) is 0 Å². The Labute approximate surface area is 181 Å². The van der Waals surface area contributed by atoms with Gasteiger partial charge in [0.25, 0.3) is 15.9 Å². The van der Waals surface area contributed by atoms with Crippen LogP contribution in [0.25, 0.3) is 10.1 Å². The molecule has 0 aliphatic carbocycles. The van der Waals surface area contributed by atoms with Crippen LogP contribution in [0.5, 0.6) is 11.5 Å². The number of hydrogen-bond acceptors (Lipinski definition) is 7. The molecule has 0 amide bonds. The highest BCUT2D eigenvalue weighted by Crippen LogP contribution is 2.39. The maximum absolute atomic E-state index is 13.3. The molecule has 1 N–H and O–H groups in total. The largest absolute Gasteiger partial charge is 0.454 e. The Bertz CT molecular complexity index is 1380. The summed E-state index contributed by atoms with van der Waals surface area (Å²) in [5.74, 6) is 1.23. The number of aryl methyl sites for hydroxylation is 1. The Balaban J connectivity index is 1.59. The monoisotopic (exact) mass is 462 g/mol. The number of nitrogens with zero attached hydrogens (tertiary/aromatic N) is 1. The molecular formula is C20H15ClN2O5S2. The maximum atomic E-state index is 13.3. The number of nitrogens with one attached hydrogen (secondary N) is 1. The first-order valence-corrected chi connectivity index (χ1v) is 11.6. The van der Waals surface area contributed by atoms with Gasteiger partial charge in [0, 0.05) is 21.4 Å². The van der Waals surface area contributed by atoms with E-state index in [0.29, 0.717) is 33.9 Å². The average molecular weight is 463 g/mol. The van der Waals surface area contributed by atoms with E-state index >= 15 is 0 Å². The second-order valence-electron chi connectivity index (χ2n) is 6.73. The first-order chi connectivity index (χ1) is 14.4. The number of benzene rings is 2. The lowest BCUT2D eigenvalue weighted by atomic mass is 10.1. The average Bonchev–Trinajstić information content (AvgIpc) is 3.41. The van der Waals surface area contributed by atoms with Crippen LogP contribution in [0.3, 0.4) is 0 Å². The summed E-state index contributed by atoms with van der Waals surface area (Å²) < 4.78 is 45.8. The lowest BCUT2D eigenvalue weighted by Crippen LogP contribution is -2.14. The molecule has 0 spiro atoms. The Morgan fingerprint density at radius 2 is 1.97 bits per heavy atom. The van der Waals surface area contributed by atoms with Gasteiger partial charge in [-0.05, 0) is 30.7 Å². The summed E-state index contributed by atoms with van der Waals surface area (Å²) in [5, 5.41) is 4.48. The fourth-order valence-corrected chi connectivity index (χ4v) is 6.46. The summed E-state index contributed by atoms with van der Waals surface area (Å²) in [6.45, 7) is 1.82. The van der Waals surface area contributed by atoms with Crippen molar-refractivity contribution in [2.24, 2.45) is 0 Å². The molecule has 4 aromatic rings. The number of rotatable bonds is 5. The first-order valence-electron chi connectivity index (χ1n) is 8.96. The predicted molar refractivity (Wildman–Crippen MR) is 114 cm³/mol. The Hall–Kier alpha value is -2.75. The zero-order valence-corrected chi connectivity index (χ0v) is 18.0. The maximum Gasteiger partial charge on any atom is 0.266 e. The van der Waals surface area contributed by atoms with Crippen molar-refractivity contribution in [3.05, 3.63) is 63.6 Å². The number of anilines is 1. The van der Waals surface area contributed by atoms with E-state index in [0.717, 1.165) is 10.3 Å². The van der Waals surface area contributed by atoms with Crippen LogP contribution in [-0.4, -0.2) is 20.4 Å². The summed E-state index contributed by atoms with van der Waals surface area (Å²) in [6.07, 6.45) is 0.412. The van der Waals surface area contributed by atoms with Crippen LogP contribution >= 0.6 is 22.9 Å². The molecule has 0 unspecified atom stereocenters. The van der Waals surface area contributed by atoms with E-state index in [1.165, 1.54) is 11.3 Å². The SMILES string of the molecule is Cc1noc(NS(=O)(=O)c2c(Cc3ccc4c(c3)OCO4)sc3ccccc23)c1Cl. The number of aromatic nitrogens is 1. The number of halogens is 1. The minimum atomic E-state index is -3.98. The van der Waals surface area contributed by atoms with E-state index in [2.05, 4.69) is 9.88 Å². The van der Waals surface area contributed by atoms with Gasteiger partial charge in [0.2, 0.25) is 6.79 Å². The highest BCUT2D eigenvalue weighted by molar-refractivity contribution is 7.93. The Kier molecular flexibility index (Phi) is 4.61. The highest BCUT2D eigenvalue weighted by atomic mass is 35.5. The second kappa shape index (κ2) is 7.19. The van der Waals surface area contributed by atoms with Gasteiger partial charge >= 0.3 is 0 Å². The topological polar surface area (TPSA) is 90.7 Å². The van der Waals surface area contributed by atoms with Gasteiger partial charge in [-0.1, -0.05) is 41.0 Å². The van der Waals surface area contributed by atoms with Crippen molar-refractivity contribution in [3.8, 4) is 11.5 Å². The molecular weight excluding hydrogens is 448 g/mol. The van der Waals surface area contributed by atoms with Crippen molar-refractivity contribution in [1.82, 2.24) is 5.16 Å². The van der Waals surface area contributed by atoms with Crippen molar-refractivity contribution in [2.75, 3.05) is 11.5 Å². The van der Waals surface area contributed by atoms with Crippen LogP contribution in [0, 0.1) is 6.92 Å². The fraction of sp³-hybridized carbons (Fsp3) is 0.150. The predicted octanol–water partition coefficient (Wildman–Crippen LogP) is 4.97. The number of thiophene rings is 1. The standard InChI is InChI=1S/C20H15ClN2O5S2/c1-11-18(21)20(28-22-11)23-30(24,25)19-13-4-2-3-5-16(13)29-17(19)9-12-6-7-14-15(8-12)27-10-26-14/h2-8,23H,9-10H2,1H3. The van der Waals surface area contributed by atoms with Gasteiger partial charge in [-0.3, -0.25) is 0 Å². The molecule has 0 fully saturated rings. The molecule has 0 saturated heterocycles. The molecule has 1 aliphatic heterocycles. The Morgan fingerprint density at radius 1 is 1.17 bits per heavy atom. The highest BCUT2D eigenvalue weighted by Gasteiger charge is 2.27. The van der Waals surface area contributed by atoms with E-state index in [4.69, 9.17) is 25.6 Å². The smallest absolute Gasteiger partial charge is 0.266 e. The molecule has 2 aromatic carbocycles. The van der Waals surface area contributed by atoms with Gasteiger partial charge in [0.15, 0.2) is 11.5 Å². The van der Waals surface area contributed by atoms with Crippen LogP contribution in [-0.2, 0) is 16.4 Å². The third-order valence-corrected chi connectivity index (χ3v) is 7.91. The summed E-state index contributed by atoms with van der Waals surface area (Å²) in [7, 11) is -3.98. The molecule has 5 rings (SSSR count). The number of ether oxygens (including phenoxy) is 2. The summed E-state index contributed by atoms with van der Waals surface area (Å²) >= 11 is 7.54. The fourth-order valence-electron chi connectivity index (χ4n) is 3.31. The first kappa shape index (κ1) is 19.2. The van der Waals surface area contributed by atoms with E-state index in [9.17, 15) is 8.42 Å². The van der Waals surface area contributed by atoms with Crippen molar-refractivity contribution >= 4 is 48.9 Å². The molecule has 0 radical (unpaired) electrons. The third kappa shape index (κ3) is 3.28. The van der Waals surface area contributed by atoms with Gasteiger partial charge in [-0.2, -0.15) is 0 Å². The van der Waals surface area contributed by atoms with Gasteiger partial charge in [0.05, 0.1) is 0 Å². The molecule has 7 nitrogen and oxygen atoms in total. The molecule has 0 saturated carbocycles. The van der Waals surface area contributed by atoms with Gasteiger partial charge in [-0.15, -0.1) is 11.3 Å². The lowest BCUT2D eigenvalue weighted by molar-refractivity contribution is 0.174. The third-order valence-electron chi connectivity index (χ3n) is 4.71. The normalized spacial score (nSPS) is 13.1. The molecule has 30 heavy (non-hydrogen) atoms.